The minimum atomic E-state index is 0.982. The van der Waals surface area contributed by atoms with E-state index in [-0.39, 0.29) is 0 Å². The molecule has 0 aliphatic heterocycles. The summed E-state index contributed by atoms with van der Waals surface area (Å²) in [5.74, 6) is 0. The number of aryl methyl sites for hydroxylation is 6. The molecule has 0 amide bonds. The highest BCUT2D eigenvalue weighted by Crippen LogP contribution is 2.53. The number of para-hydroxylation sites is 2. The van der Waals surface area contributed by atoms with Gasteiger partial charge in [0.25, 0.3) is 0 Å². The number of rotatable bonds is 16. The van der Waals surface area contributed by atoms with Gasteiger partial charge in [0.15, 0.2) is 0 Å². The van der Waals surface area contributed by atoms with E-state index in [1.54, 1.807) is 0 Å². The summed E-state index contributed by atoms with van der Waals surface area (Å²) < 4.78 is 5.03. The van der Waals surface area contributed by atoms with Crippen molar-refractivity contribution in [3.63, 3.8) is 0 Å². The topological polar surface area (TPSA) is 16.3 Å². The van der Waals surface area contributed by atoms with E-state index < -0.39 is 0 Å². The minimum absolute atomic E-state index is 0.982. The lowest BCUT2D eigenvalue weighted by Gasteiger charge is -2.33. The second-order valence-corrected chi connectivity index (χ2v) is 25.5. The molecule has 434 valence electrons. The first-order chi connectivity index (χ1) is 43.5. The first-order valence-corrected chi connectivity index (χ1v) is 33.3. The normalized spacial score (nSPS) is 13.5. The largest absolute Gasteiger partial charge is 0.309 e. The second-order valence-electron chi connectivity index (χ2n) is 25.5. The quantitative estimate of drug-likeness (QED) is 0.0897. The first-order valence-electron chi connectivity index (χ1n) is 33.3. The zero-order chi connectivity index (χ0) is 59.0. The van der Waals surface area contributed by atoms with Gasteiger partial charge in [-0.1, -0.05) is 175 Å². The summed E-state index contributed by atoms with van der Waals surface area (Å²) in [6.45, 7) is 9.26. The fourth-order valence-corrected chi connectivity index (χ4v) is 16.1. The van der Waals surface area contributed by atoms with Crippen molar-refractivity contribution in [2.75, 3.05) is 9.80 Å². The van der Waals surface area contributed by atoms with Crippen molar-refractivity contribution in [1.82, 2.24) is 9.13 Å². The molecule has 2 heterocycles. The summed E-state index contributed by atoms with van der Waals surface area (Å²) in [6, 6.07) is 81.0. The third-order valence-electron chi connectivity index (χ3n) is 20.1. The standard InChI is InChI=1S/C84H78N4/c1-5-19-55-35-39-61(40-36-55)85-77-31-15-13-29-69(77)71-45-43-63(53-81(71)85)87(75-33-17-25-57-23-9-11-27-65(57)75)79-51-59(21-7-3)67-48-50-74-80(52-60(22-8-4)68-47-49-73(79)83(67)84(68)74)88(76-34-18-26-58-24-10-12-28-66(58)76)64-44-46-72-70-30-14-16-32-78(70)86(82(72)54-64)62-41-37-56(20-6-2)38-42-62/h13-18,25-26,29-54H,5-12,19-24,27-28H2,1-4H3. The molecule has 88 heavy (non-hydrogen) atoms. The molecule has 0 N–H and O–H groups in total. The Kier molecular flexibility index (Phi) is 13.9. The van der Waals surface area contributed by atoms with Crippen LogP contribution < -0.4 is 9.80 Å². The van der Waals surface area contributed by atoms with Crippen molar-refractivity contribution in [2.24, 2.45) is 0 Å². The molecule has 0 radical (unpaired) electrons. The smallest absolute Gasteiger partial charge is 0.0561 e. The van der Waals surface area contributed by atoms with E-state index in [4.69, 9.17) is 0 Å². The van der Waals surface area contributed by atoms with Crippen LogP contribution in [0.2, 0.25) is 0 Å². The molecule has 0 spiro atoms. The minimum Gasteiger partial charge on any atom is -0.309 e. The number of aromatic nitrogens is 2. The van der Waals surface area contributed by atoms with Crippen molar-refractivity contribution in [1.29, 1.82) is 0 Å². The number of hydrogen-bond acceptors (Lipinski definition) is 2. The van der Waals surface area contributed by atoms with Crippen LogP contribution in [-0.4, -0.2) is 9.13 Å². The predicted octanol–water partition coefficient (Wildman–Crippen LogP) is 23.3. The van der Waals surface area contributed by atoms with Crippen LogP contribution in [0.5, 0.6) is 0 Å². The third-order valence-corrected chi connectivity index (χ3v) is 20.1. The van der Waals surface area contributed by atoms with Gasteiger partial charge in [-0.05, 0) is 228 Å². The van der Waals surface area contributed by atoms with Crippen molar-refractivity contribution in [3.8, 4) is 11.4 Å². The van der Waals surface area contributed by atoms with Gasteiger partial charge in [-0.15, -0.1) is 0 Å². The summed E-state index contributed by atoms with van der Waals surface area (Å²) in [5, 5.41) is 13.2. The van der Waals surface area contributed by atoms with Gasteiger partial charge in [0.2, 0.25) is 0 Å². The average molecular weight is 1140 g/mol. The number of anilines is 6. The van der Waals surface area contributed by atoms with E-state index in [1.807, 2.05) is 0 Å². The summed E-state index contributed by atoms with van der Waals surface area (Å²) in [7, 11) is 0. The number of benzene rings is 12. The molecular weight excluding hydrogens is 1060 g/mol. The Bertz CT molecular complexity index is 4660. The van der Waals surface area contributed by atoms with Crippen molar-refractivity contribution >= 4 is 110 Å². The molecule has 4 nitrogen and oxygen atoms in total. The molecule has 0 atom stereocenters. The van der Waals surface area contributed by atoms with Crippen LogP contribution in [0.25, 0.3) is 87.3 Å². The highest BCUT2D eigenvalue weighted by atomic mass is 15.2. The number of hydrogen-bond donors (Lipinski definition) is 0. The van der Waals surface area contributed by atoms with Gasteiger partial charge in [-0.25, -0.2) is 0 Å². The molecule has 0 unspecified atom stereocenters. The molecule has 4 heteroatoms. The van der Waals surface area contributed by atoms with Gasteiger partial charge in [0.1, 0.15) is 0 Å². The summed E-state index contributed by atoms with van der Waals surface area (Å²) in [4.78, 5) is 5.39. The van der Waals surface area contributed by atoms with Crippen LogP contribution in [-0.2, 0) is 51.4 Å². The van der Waals surface area contributed by atoms with E-state index in [2.05, 4.69) is 253 Å². The van der Waals surface area contributed by atoms with Crippen LogP contribution in [0.4, 0.5) is 34.1 Å². The number of nitrogens with zero attached hydrogens (tertiary/aromatic N) is 4. The van der Waals surface area contributed by atoms with E-state index in [1.165, 1.54) is 192 Å². The first kappa shape index (κ1) is 54.3. The van der Waals surface area contributed by atoms with Crippen molar-refractivity contribution < 1.29 is 0 Å². The summed E-state index contributed by atoms with van der Waals surface area (Å²) in [5.41, 5.74) is 26.4. The molecule has 0 bridgehead atoms. The highest BCUT2D eigenvalue weighted by Gasteiger charge is 2.30. The third kappa shape index (κ3) is 8.91. The summed E-state index contributed by atoms with van der Waals surface area (Å²) >= 11 is 0. The van der Waals surface area contributed by atoms with Crippen molar-refractivity contribution in [3.05, 3.63) is 251 Å². The van der Waals surface area contributed by atoms with Gasteiger partial charge in [-0.3, -0.25) is 0 Å². The van der Waals surface area contributed by atoms with Crippen LogP contribution >= 0.6 is 0 Å². The van der Waals surface area contributed by atoms with E-state index in [0.717, 1.165) is 77.0 Å². The summed E-state index contributed by atoms with van der Waals surface area (Å²) in [6.07, 6.45) is 17.7. The SMILES string of the molecule is CCCc1ccc(-n2c3ccccc3c3ccc(N(c4cccc5c4CCCC5)c4cc(CCC)c5ccc6c(N(c7ccc8c9ccccc9n(-c9ccc(CCC)cc9)c8c7)c7cccc8c7CCCC8)cc(CCC)c7ccc4c5c76)cc32)cc1. The van der Waals surface area contributed by atoms with Gasteiger partial charge in [0, 0.05) is 66.4 Å². The average Bonchev–Trinajstić information content (AvgIpc) is 0.877. The van der Waals surface area contributed by atoms with Gasteiger partial charge < -0.3 is 18.9 Å². The Labute approximate surface area is 518 Å². The fraction of sp³-hybridized carbons (Fsp3) is 0.238. The molecule has 0 saturated carbocycles. The van der Waals surface area contributed by atoms with Crippen LogP contribution in [0.3, 0.4) is 0 Å². The lowest BCUT2D eigenvalue weighted by atomic mass is 9.85. The fourth-order valence-electron chi connectivity index (χ4n) is 16.1. The Hall–Kier alpha value is -9.12. The zero-order valence-electron chi connectivity index (χ0n) is 51.7. The maximum absolute atomic E-state index is 2.70. The molecule has 2 aliphatic rings. The molecule has 12 aromatic carbocycles. The van der Waals surface area contributed by atoms with Gasteiger partial charge >= 0.3 is 0 Å². The van der Waals surface area contributed by atoms with Crippen LogP contribution in [0.15, 0.2) is 206 Å². The lowest BCUT2D eigenvalue weighted by Crippen LogP contribution is -2.17. The second kappa shape index (κ2) is 22.5. The lowest BCUT2D eigenvalue weighted by molar-refractivity contribution is 0.686. The maximum atomic E-state index is 2.70. The Morgan fingerprint density at radius 3 is 1.12 bits per heavy atom. The molecular formula is C84H78N4. The molecule has 2 aliphatic carbocycles. The Morgan fingerprint density at radius 2 is 0.693 bits per heavy atom. The number of fused-ring (bicyclic) bond motifs is 8. The highest BCUT2D eigenvalue weighted by molar-refractivity contribution is 6.29. The molecule has 2 aromatic heterocycles. The van der Waals surface area contributed by atoms with Crippen molar-refractivity contribution in [2.45, 2.75) is 130 Å². The Balaban J connectivity index is 0.975. The van der Waals surface area contributed by atoms with Crippen LogP contribution in [0.1, 0.15) is 124 Å². The zero-order valence-corrected chi connectivity index (χ0v) is 51.7. The van der Waals surface area contributed by atoms with E-state index in [9.17, 15) is 0 Å². The van der Waals surface area contributed by atoms with Gasteiger partial charge in [-0.2, -0.15) is 0 Å². The van der Waals surface area contributed by atoms with E-state index in [0.29, 0.717) is 0 Å². The molecule has 0 fully saturated rings. The monoisotopic (exact) mass is 1140 g/mol. The molecule has 14 aromatic rings. The Morgan fingerprint density at radius 1 is 0.307 bits per heavy atom. The molecule has 0 saturated heterocycles. The van der Waals surface area contributed by atoms with E-state index >= 15 is 0 Å². The van der Waals surface area contributed by atoms with Crippen LogP contribution in [0, 0.1) is 0 Å². The van der Waals surface area contributed by atoms with Gasteiger partial charge in [0.05, 0.1) is 33.4 Å². The maximum Gasteiger partial charge on any atom is 0.0561 e. The molecule has 16 rings (SSSR count). The predicted molar refractivity (Wildman–Crippen MR) is 377 cm³/mol.